The fraction of sp³-hybridized carbons (Fsp3) is 0.667. The van der Waals surface area contributed by atoms with Crippen LogP contribution in [0.15, 0.2) is 12.1 Å². The minimum absolute atomic E-state index is 0.105. The quantitative estimate of drug-likeness (QED) is 0.0968. The van der Waals surface area contributed by atoms with Crippen molar-refractivity contribution in [3.05, 3.63) is 23.3 Å². The van der Waals surface area contributed by atoms with Crippen molar-refractivity contribution in [2.75, 3.05) is 22.8 Å². The van der Waals surface area contributed by atoms with Crippen LogP contribution in [0.3, 0.4) is 0 Å². The molecule has 2 rings (SSSR count). The lowest BCUT2D eigenvalue weighted by Crippen LogP contribution is -2.46. The summed E-state index contributed by atoms with van der Waals surface area (Å²) in [6.07, 6.45) is 3.48. The Hall–Kier alpha value is 1.66. The number of nitrogens with zero attached hydrogens (tertiary/aromatic N) is 1. The molecule has 1 heterocycles. The molecule has 0 spiro atoms. The molecule has 1 aromatic carbocycles. The number of halogens is 4. The fourth-order valence-electron chi connectivity index (χ4n) is 3.26. The third-order valence-electron chi connectivity index (χ3n) is 4.71. The maximum absolute atomic E-state index is 11.0. The molecule has 0 aliphatic carbocycles. The Kier molecular flexibility index (Phi) is 10.8. The van der Waals surface area contributed by atoms with E-state index in [9.17, 15) is 5.11 Å². The summed E-state index contributed by atoms with van der Waals surface area (Å²) in [5.74, 6) is 0.433. The molecule has 0 amide bonds. The highest BCUT2D eigenvalue weighted by Crippen LogP contribution is 2.41. The van der Waals surface area contributed by atoms with Crippen LogP contribution in [0.4, 0.5) is 5.69 Å². The third kappa shape index (κ3) is 6.08. The van der Waals surface area contributed by atoms with Gasteiger partial charge in [-0.25, -0.2) is 3.11 Å². The van der Waals surface area contributed by atoms with Crippen LogP contribution in [0.5, 0.6) is 5.75 Å². The van der Waals surface area contributed by atoms with Crippen molar-refractivity contribution in [3.63, 3.8) is 0 Å². The zero-order chi connectivity index (χ0) is 19.3. The van der Waals surface area contributed by atoms with Gasteiger partial charge in [0.1, 0.15) is 5.75 Å². The average molecular weight is 809 g/mol. The number of phenolic OH excluding ortho intramolecular Hbond substituents is 1. The smallest absolute Gasteiger partial charge is 0.143 e. The van der Waals surface area contributed by atoms with E-state index in [-0.39, 0.29) is 12.2 Å². The van der Waals surface area contributed by atoms with Crippen LogP contribution in [-0.4, -0.2) is 39.8 Å². The number of alkyl halides is 3. The number of hydrogen-bond acceptors (Lipinski definition) is 4. The lowest BCUT2D eigenvalue weighted by atomic mass is 9.94. The van der Waals surface area contributed by atoms with Crippen molar-refractivity contribution < 1.29 is 5.11 Å². The Morgan fingerprint density at radius 2 is 2.08 bits per heavy atom. The molecule has 0 saturated carbocycles. The van der Waals surface area contributed by atoms with Gasteiger partial charge in [-0.1, -0.05) is 93.8 Å². The number of aromatic hydroxyl groups is 1. The summed E-state index contributed by atoms with van der Waals surface area (Å²) in [4.78, 5) is 0. The molecule has 148 valence electrons. The Bertz CT molecular complexity index is 588. The van der Waals surface area contributed by atoms with Crippen molar-refractivity contribution in [1.82, 2.24) is 8.43 Å². The fourth-order valence-corrected chi connectivity index (χ4v) is 6.51. The van der Waals surface area contributed by atoms with Gasteiger partial charge in [0, 0.05) is 59.8 Å². The maximum atomic E-state index is 11.0. The van der Waals surface area contributed by atoms with Crippen LogP contribution in [0.2, 0.25) is 0 Å². The molecule has 1 aliphatic rings. The number of aryl methyl sites for hydroxylation is 1. The summed E-state index contributed by atoms with van der Waals surface area (Å²) >= 11 is 9.89. The Labute approximate surface area is 212 Å². The van der Waals surface area contributed by atoms with E-state index in [0.29, 0.717) is 13.6 Å². The summed E-state index contributed by atoms with van der Waals surface area (Å²) in [6, 6.07) is 4.43. The molecular formula is C18H27I4N3O. The number of rotatable bonds is 9. The van der Waals surface area contributed by atoms with Gasteiger partial charge < -0.3 is 10.4 Å². The molecule has 3 N–H and O–H groups in total. The van der Waals surface area contributed by atoms with Gasteiger partial charge in [-0.15, -0.1) is 0 Å². The lowest BCUT2D eigenvalue weighted by Gasteiger charge is -2.35. The Morgan fingerprint density at radius 3 is 2.69 bits per heavy atom. The zero-order valence-corrected chi connectivity index (χ0v) is 23.7. The van der Waals surface area contributed by atoms with E-state index >= 15 is 0 Å². The number of benzene rings is 1. The van der Waals surface area contributed by atoms with Gasteiger partial charge in [-0.2, -0.15) is 0 Å². The van der Waals surface area contributed by atoms with Crippen molar-refractivity contribution >= 4 is 96.3 Å². The van der Waals surface area contributed by atoms with E-state index < -0.39 is 0 Å². The Balaban J connectivity index is 2.36. The van der Waals surface area contributed by atoms with E-state index in [1.54, 1.807) is 0 Å². The second-order valence-electron chi connectivity index (χ2n) is 6.57. The molecule has 0 radical (unpaired) electrons. The molecule has 1 aromatic rings. The monoisotopic (exact) mass is 809 g/mol. The van der Waals surface area contributed by atoms with Crippen LogP contribution in [0, 0.1) is 0 Å². The Morgan fingerprint density at radius 1 is 1.35 bits per heavy atom. The molecule has 8 heteroatoms. The summed E-state index contributed by atoms with van der Waals surface area (Å²) < 4.78 is 4.32. The molecule has 0 aromatic heterocycles. The second kappa shape index (κ2) is 11.7. The molecular weight excluding hydrogens is 782 g/mol. The van der Waals surface area contributed by atoms with E-state index in [0.717, 1.165) is 48.0 Å². The van der Waals surface area contributed by atoms with Gasteiger partial charge in [0.15, 0.2) is 0 Å². The first kappa shape index (κ1) is 23.9. The van der Waals surface area contributed by atoms with Crippen molar-refractivity contribution in [2.45, 2.75) is 53.2 Å². The van der Waals surface area contributed by atoms with Gasteiger partial charge in [0.05, 0.1) is 11.9 Å². The number of fused-ring (bicyclic) bond motifs is 1. The van der Waals surface area contributed by atoms with Crippen LogP contribution in [0.25, 0.3) is 0 Å². The molecule has 1 aliphatic heterocycles. The van der Waals surface area contributed by atoms with Crippen molar-refractivity contribution in [1.29, 1.82) is 0 Å². The SMILES string of the molecule is CCC(NC(c1ccc2c(c1O)NCCC2)C(I)C(C)I)N(I)CCI. The molecule has 0 saturated heterocycles. The number of anilines is 1. The van der Waals surface area contributed by atoms with Crippen LogP contribution < -0.4 is 10.6 Å². The highest BCUT2D eigenvalue weighted by atomic mass is 127. The normalized spacial score (nSPS) is 18.7. The van der Waals surface area contributed by atoms with Gasteiger partial charge in [0.2, 0.25) is 0 Å². The zero-order valence-electron chi connectivity index (χ0n) is 15.1. The van der Waals surface area contributed by atoms with Crippen LogP contribution >= 0.6 is 90.6 Å². The van der Waals surface area contributed by atoms with E-state index in [1.807, 2.05) is 0 Å². The molecule has 4 nitrogen and oxygen atoms in total. The van der Waals surface area contributed by atoms with Gasteiger partial charge >= 0.3 is 0 Å². The van der Waals surface area contributed by atoms with E-state index in [2.05, 4.69) is 130 Å². The average Bonchev–Trinajstić information content (AvgIpc) is 2.63. The van der Waals surface area contributed by atoms with Crippen LogP contribution in [0.1, 0.15) is 43.9 Å². The van der Waals surface area contributed by atoms with Crippen LogP contribution in [-0.2, 0) is 6.42 Å². The first-order chi connectivity index (χ1) is 12.4. The molecule has 0 bridgehead atoms. The summed E-state index contributed by atoms with van der Waals surface area (Å²) in [6.45, 7) is 6.45. The number of phenols is 1. The predicted molar refractivity (Wildman–Crippen MR) is 146 cm³/mol. The first-order valence-electron chi connectivity index (χ1n) is 9.01. The molecule has 4 unspecified atom stereocenters. The van der Waals surface area contributed by atoms with Gasteiger partial charge in [-0.3, -0.25) is 5.32 Å². The van der Waals surface area contributed by atoms with Crippen molar-refractivity contribution in [3.8, 4) is 5.75 Å². The largest absolute Gasteiger partial charge is 0.505 e. The summed E-state index contributed by atoms with van der Waals surface area (Å²) in [5, 5.41) is 18.3. The number of hydrogen-bond donors (Lipinski definition) is 3. The lowest BCUT2D eigenvalue weighted by molar-refractivity contribution is 0.288. The topological polar surface area (TPSA) is 47.5 Å². The predicted octanol–water partition coefficient (Wildman–Crippen LogP) is 5.83. The summed E-state index contributed by atoms with van der Waals surface area (Å²) in [5.41, 5.74) is 3.19. The molecule has 4 atom stereocenters. The number of nitrogens with one attached hydrogen (secondary N) is 2. The molecule has 26 heavy (non-hydrogen) atoms. The molecule has 0 fully saturated rings. The second-order valence-corrected chi connectivity index (χ2v) is 12.3. The first-order valence-corrected chi connectivity index (χ1v) is 14.0. The van der Waals surface area contributed by atoms with E-state index in [1.165, 1.54) is 5.56 Å². The standard InChI is InChI=1S/C18H27I4N3O/c1-3-14(25(22)10-8-19)24-17(15(21)11(2)20)13-7-6-12-5-4-9-23-16(12)18(13)26/h6-7,11,14-15,17,23-24,26H,3-5,8-10H2,1-2H3. The van der Waals surface area contributed by atoms with E-state index in [4.69, 9.17) is 0 Å². The minimum atomic E-state index is 0.105. The van der Waals surface area contributed by atoms with Gasteiger partial charge in [0.25, 0.3) is 0 Å². The van der Waals surface area contributed by atoms with Gasteiger partial charge in [-0.05, 0) is 24.8 Å². The maximum Gasteiger partial charge on any atom is 0.143 e. The van der Waals surface area contributed by atoms with Crippen molar-refractivity contribution in [2.24, 2.45) is 0 Å². The summed E-state index contributed by atoms with van der Waals surface area (Å²) in [7, 11) is 0. The highest BCUT2D eigenvalue weighted by Gasteiger charge is 2.31. The third-order valence-corrected chi connectivity index (χ3v) is 10.3. The highest BCUT2D eigenvalue weighted by molar-refractivity contribution is 14.1. The minimum Gasteiger partial charge on any atom is -0.505 e.